The van der Waals surface area contributed by atoms with Gasteiger partial charge >= 0.3 is 0 Å². The Labute approximate surface area is 231 Å². The van der Waals surface area contributed by atoms with Crippen molar-refractivity contribution in [3.05, 3.63) is 95.1 Å². The summed E-state index contributed by atoms with van der Waals surface area (Å²) in [5.74, 6) is -0.538. The minimum atomic E-state index is -0.981. The van der Waals surface area contributed by atoms with Gasteiger partial charge in [-0.15, -0.1) is 0 Å². The number of hydrogen-bond donors (Lipinski definition) is 0. The second kappa shape index (κ2) is 10.0. The standard InChI is InChI=1S/C30H28N6O4/c1-18-9-14-23(19(2)15-18)24-16-25(20-10-12-22(40-3)13-11-20)36(32-24)26(37)17-34-28-27(31-33-34)29(38)35(30(28)39)21-7-5-4-6-8-21/h4-15,25,27-28H,16-17H2,1-3H3/t25-,27-,28-/m0/s1. The van der Waals surface area contributed by atoms with Crippen LogP contribution < -0.4 is 9.64 Å². The first-order valence-electron chi connectivity index (χ1n) is 13.1. The summed E-state index contributed by atoms with van der Waals surface area (Å²) >= 11 is 0. The molecule has 1 saturated heterocycles. The molecule has 202 valence electrons. The largest absolute Gasteiger partial charge is 0.497 e. The molecule has 3 aliphatic heterocycles. The third kappa shape index (κ3) is 4.31. The molecule has 6 rings (SSSR count). The molecule has 0 spiro atoms. The smallest absolute Gasteiger partial charge is 0.264 e. The molecule has 0 aromatic heterocycles. The van der Waals surface area contributed by atoms with Crippen molar-refractivity contribution in [3.8, 4) is 5.75 Å². The molecule has 10 heteroatoms. The van der Waals surface area contributed by atoms with Crippen LogP contribution in [0.1, 0.15) is 34.7 Å². The number of imide groups is 1. The zero-order valence-electron chi connectivity index (χ0n) is 22.4. The summed E-state index contributed by atoms with van der Waals surface area (Å²) < 4.78 is 5.31. The molecule has 3 aliphatic rings. The van der Waals surface area contributed by atoms with Gasteiger partial charge < -0.3 is 4.74 Å². The maximum absolute atomic E-state index is 13.8. The first-order chi connectivity index (χ1) is 19.4. The highest BCUT2D eigenvalue weighted by atomic mass is 16.5. The number of rotatable bonds is 6. The summed E-state index contributed by atoms with van der Waals surface area (Å²) in [7, 11) is 1.60. The van der Waals surface area contributed by atoms with Gasteiger partial charge in [0.15, 0.2) is 12.1 Å². The van der Waals surface area contributed by atoms with Gasteiger partial charge in [0, 0.05) is 12.0 Å². The summed E-state index contributed by atoms with van der Waals surface area (Å²) in [6.45, 7) is 3.82. The molecule has 0 aliphatic carbocycles. The number of aryl methyl sites for hydroxylation is 2. The zero-order valence-corrected chi connectivity index (χ0v) is 22.4. The number of benzene rings is 3. The molecular formula is C30H28N6O4. The second-order valence-corrected chi connectivity index (χ2v) is 10.1. The summed E-state index contributed by atoms with van der Waals surface area (Å²) in [6, 6.07) is 20.1. The van der Waals surface area contributed by atoms with Gasteiger partial charge in [0.2, 0.25) is 0 Å². The van der Waals surface area contributed by atoms with Crippen LogP contribution in [0.2, 0.25) is 0 Å². The first kappa shape index (κ1) is 25.4. The molecule has 1 fully saturated rings. The van der Waals surface area contributed by atoms with Crippen molar-refractivity contribution >= 4 is 29.1 Å². The number of nitrogens with zero attached hydrogens (tertiary/aromatic N) is 6. The maximum atomic E-state index is 13.8. The molecule has 40 heavy (non-hydrogen) atoms. The zero-order chi connectivity index (χ0) is 28.0. The molecule has 3 heterocycles. The molecule has 0 saturated carbocycles. The van der Waals surface area contributed by atoms with Crippen molar-refractivity contribution in [1.82, 2.24) is 10.0 Å². The Hall–Kier alpha value is -4.86. The van der Waals surface area contributed by atoms with Crippen LogP contribution in [0.4, 0.5) is 5.69 Å². The van der Waals surface area contributed by atoms with Crippen molar-refractivity contribution < 1.29 is 19.1 Å². The lowest BCUT2D eigenvalue weighted by Crippen LogP contribution is -2.44. The fourth-order valence-corrected chi connectivity index (χ4v) is 5.52. The number of anilines is 1. The highest BCUT2D eigenvalue weighted by molar-refractivity contribution is 6.25. The van der Waals surface area contributed by atoms with Crippen LogP contribution in [0, 0.1) is 13.8 Å². The van der Waals surface area contributed by atoms with E-state index < -0.39 is 23.9 Å². The Bertz CT molecular complexity index is 1550. The average Bonchev–Trinajstić information content (AvgIpc) is 3.64. The quantitative estimate of drug-likeness (QED) is 0.443. The summed E-state index contributed by atoms with van der Waals surface area (Å²) in [5, 5.41) is 15.7. The third-order valence-electron chi connectivity index (χ3n) is 7.53. The molecular weight excluding hydrogens is 508 g/mol. The SMILES string of the molecule is COc1ccc([C@@H]2CC(c3ccc(C)cc3C)=NN2C(=O)CN2N=N[C@@H]3C(=O)N(c4ccccc4)C(=O)[C@H]32)cc1. The van der Waals surface area contributed by atoms with E-state index in [4.69, 9.17) is 9.84 Å². The average molecular weight is 537 g/mol. The third-order valence-corrected chi connectivity index (χ3v) is 7.53. The number of ether oxygens (including phenoxy) is 1. The second-order valence-electron chi connectivity index (χ2n) is 10.1. The van der Waals surface area contributed by atoms with Crippen molar-refractivity contribution in [1.29, 1.82) is 0 Å². The lowest BCUT2D eigenvalue weighted by Gasteiger charge is -2.25. The highest BCUT2D eigenvalue weighted by Crippen LogP contribution is 2.36. The van der Waals surface area contributed by atoms with Gasteiger partial charge in [-0.3, -0.25) is 19.4 Å². The van der Waals surface area contributed by atoms with Crippen LogP contribution in [-0.4, -0.2) is 59.2 Å². The van der Waals surface area contributed by atoms with Crippen molar-refractivity contribution in [2.24, 2.45) is 15.4 Å². The number of hydrogen-bond acceptors (Lipinski definition) is 8. The van der Waals surface area contributed by atoms with E-state index in [2.05, 4.69) is 16.4 Å². The van der Waals surface area contributed by atoms with Crippen molar-refractivity contribution in [3.63, 3.8) is 0 Å². The fourth-order valence-electron chi connectivity index (χ4n) is 5.52. The number of carbonyl (C=O) groups is 3. The van der Waals surface area contributed by atoms with Crippen molar-refractivity contribution in [2.75, 3.05) is 18.6 Å². The van der Waals surface area contributed by atoms with Gasteiger partial charge in [-0.1, -0.05) is 59.3 Å². The molecule has 3 atom stereocenters. The summed E-state index contributed by atoms with van der Waals surface area (Å²) in [5.41, 5.74) is 5.38. The number of amides is 3. The van der Waals surface area contributed by atoms with Gasteiger partial charge in [0.05, 0.1) is 24.6 Å². The Morgan fingerprint density at radius 3 is 2.42 bits per heavy atom. The minimum Gasteiger partial charge on any atom is -0.497 e. The molecule has 10 nitrogen and oxygen atoms in total. The topological polar surface area (TPSA) is 107 Å². The molecule has 3 amide bonds. The van der Waals surface area contributed by atoms with E-state index in [-0.39, 0.29) is 18.5 Å². The van der Waals surface area contributed by atoms with Gasteiger partial charge in [-0.2, -0.15) is 10.2 Å². The highest BCUT2D eigenvalue weighted by Gasteiger charge is 2.55. The van der Waals surface area contributed by atoms with Gasteiger partial charge in [-0.05, 0) is 49.2 Å². The monoisotopic (exact) mass is 536 g/mol. The van der Waals surface area contributed by atoms with E-state index in [0.717, 1.165) is 32.9 Å². The molecule has 0 radical (unpaired) electrons. The van der Waals surface area contributed by atoms with Gasteiger partial charge in [-0.25, -0.2) is 9.91 Å². The molecule has 0 unspecified atom stereocenters. The Kier molecular flexibility index (Phi) is 6.37. The van der Waals surface area contributed by atoms with Crippen LogP contribution in [0.25, 0.3) is 0 Å². The van der Waals surface area contributed by atoms with Crippen LogP contribution in [0.3, 0.4) is 0 Å². The predicted molar refractivity (Wildman–Crippen MR) is 148 cm³/mol. The first-order valence-corrected chi connectivity index (χ1v) is 13.1. The van der Waals surface area contributed by atoms with E-state index in [9.17, 15) is 14.4 Å². The number of carbonyl (C=O) groups excluding carboxylic acids is 3. The predicted octanol–water partition coefficient (Wildman–Crippen LogP) is 3.98. The van der Waals surface area contributed by atoms with Crippen LogP contribution in [0.5, 0.6) is 5.75 Å². The maximum Gasteiger partial charge on any atom is 0.264 e. The van der Waals surface area contributed by atoms with Gasteiger partial charge in [0.25, 0.3) is 17.7 Å². The Balaban J connectivity index is 1.28. The van der Waals surface area contributed by atoms with E-state index in [0.29, 0.717) is 17.9 Å². The van der Waals surface area contributed by atoms with E-state index >= 15 is 0 Å². The van der Waals surface area contributed by atoms with E-state index in [1.54, 1.807) is 31.4 Å². The molecule has 0 bridgehead atoms. The molecule has 3 aromatic carbocycles. The van der Waals surface area contributed by atoms with Crippen LogP contribution in [-0.2, 0) is 14.4 Å². The fraction of sp³-hybridized carbons (Fsp3) is 0.267. The van der Waals surface area contributed by atoms with Crippen LogP contribution >= 0.6 is 0 Å². The Morgan fingerprint density at radius 2 is 1.73 bits per heavy atom. The molecule has 0 N–H and O–H groups in total. The van der Waals surface area contributed by atoms with E-state index in [1.807, 2.05) is 56.3 Å². The number of methoxy groups -OCH3 is 1. The minimum absolute atomic E-state index is 0.247. The lowest BCUT2D eigenvalue weighted by atomic mass is 9.95. The summed E-state index contributed by atoms with van der Waals surface area (Å²) in [4.78, 5) is 41.3. The molecule has 3 aromatic rings. The summed E-state index contributed by atoms with van der Waals surface area (Å²) in [6.07, 6.45) is 0.523. The van der Waals surface area contributed by atoms with E-state index in [1.165, 1.54) is 10.0 Å². The van der Waals surface area contributed by atoms with Crippen molar-refractivity contribution in [2.45, 2.75) is 38.4 Å². The normalized spacial score (nSPS) is 21.7. The number of hydrazone groups is 1. The van der Waals surface area contributed by atoms with Gasteiger partial charge in [0.1, 0.15) is 12.3 Å². The van der Waals surface area contributed by atoms with Crippen LogP contribution in [0.15, 0.2) is 88.2 Å². The number of fused-ring (bicyclic) bond motifs is 1. The number of para-hydroxylation sites is 1. The lowest BCUT2D eigenvalue weighted by molar-refractivity contribution is -0.135. The Morgan fingerprint density at radius 1 is 0.975 bits per heavy atom.